The van der Waals surface area contributed by atoms with Crippen molar-refractivity contribution < 1.29 is 9.16 Å². The van der Waals surface area contributed by atoms with Crippen molar-refractivity contribution in [2.75, 3.05) is 0 Å². The predicted molar refractivity (Wildman–Crippen MR) is 178 cm³/mol. The molecule has 0 saturated carbocycles. The van der Waals surface area contributed by atoms with Crippen molar-refractivity contribution in [1.82, 2.24) is 0 Å². The Morgan fingerprint density at radius 1 is 0.605 bits per heavy atom. The molecule has 2 nitrogen and oxygen atoms in total. The molecule has 4 aromatic rings. The molecule has 43 heavy (non-hydrogen) atoms. The molecule has 3 heteroatoms. The predicted octanol–water partition coefficient (Wildman–Crippen LogP) is 10.4. The van der Waals surface area contributed by atoms with E-state index in [0.29, 0.717) is 0 Å². The minimum Gasteiger partial charge on any atom is -0.409 e. The van der Waals surface area contributed by atoms with E-state index in [1.54, 1.807) is 0 Å². The first kappa shape index (κ1) is 28.8. The smallest absolute Gasteiger partial charge is 0.204 e. The summed E-state index contributed by atoms with van der Waals surface area (Å²) < 4.78 is 15.9. The van der Waals surface area contributed by atoms with Gasteiger partial charge in [0.15, 0.2) is 0 Å². The van der Waals surface area contributed by atoms with Crippen LogP contribution in [0.4, 0.5) is 0 Å². The maximum Gasteiger partial charge on any atom is 0.204 e. The van der Waals surface area contributed by atoms with Gasteiger partial charge in [-0.15, -0.1) is 0 Å². The molecule has 3 aliphatic rings. The van der Waals surface area contributed by atoms with E-state index in [9.17, 15) is 0 Å². The maximum absolute atomic E-state index is 7.93. The fourth-order valence-electron chi connectivity index (χ4n) is 9.74. The standard InChI is InChI=1S/C40H46O2Si/c1-28-35-34(27-43(37(2,3)4,38(5,6)7)41-36(28)29-19-11-8-12-20-29)39(30-21-13-9-14-22-30)32-25-17-18-26-33(32)40(35,42-39)31-23-15-10-16-24-31/h8-26,28,34-36H,27H2,1-7H3/t28-,34-,35-,36-,39?,40?/m0/s1. The topological polar surface area (TPSA) is 18.5 Å². The van der Waals surface area contributed by atoms with Gasteiger partial charge in [0.05, 0.1) is 6.10 Å². The number of ether oxygens (including phenoxy) is 1. The van der Waals surface area contributed by atoms with Crippen molar-refractivity contribution in [3.05, 3.63) is 143 Å². The van der Waals surface area contributed by atoms with E-state index in [1.165, 1.54) is 27.8 Å². The van der Waals surface area contributed by atoms with Gasteiger partial charge in [-0.05, 0) is 49.9 Å². The van der Waals surface area contributed by atoms with Crippen molar-refractivity contribution >= 4 is 8.32 Å². The average molecular weight is 587 g/mol. The first-order chi connectivity index (χ1) is 20.5. The second-order valence-corrected chi connectivity index (χ2v) is 20.6. The van der Waals surface area contributed by atoms with Gasteiger partial charge < -0.3 is 9.16 Å². The van der Waals surface area contributed by atoms with Crippen LogP contribution in [0.15, 0.2) is 115 Å². The van der Waals surface area contributed by atoms with Crippen LogP contribution in [0.2, 0.25) is 16.1 Å². The molecule has 0 aromatic heterocycles. The van der Waals surface area contributed by atoms with Gasteiger partial charge in [0, 0.05) is 11.8 Å². The summed E-state index contributed by atoms with van der Waals surface area (Å²) in [4.78, 5) is 0. The molecule has 4 aromatic carbocycles. The largest absolute Gasteiger partial charge is 0.409 e. The SMILES string of the molecule is C[C@H]1[C@H]2[C@H](C[Si](C(C)(C)C)(C(C)(C)C)O[C@@H]1c1ccccc1)C1(c3ccccc3)OC2(c2ccccc2)c2ccccc21. The lowest BCUT2D eigenvalue weighted by atomic mass is 9.57. The molecule has 0 amide bonds. The van der Waals surface area contributed by atoms with E-state index < -0.39 is 19.5 Å². The van der Waals surface area contributed by atoms with Crippen molar-refractivity contribution in [2.24, 2.45) is 17.8 Å². The van der Waals surface area contributed by atoms with Gasteiger partial charge in [-0.1, -0.05) is 164 Å². The molecule has 7 rings (SSSR count). The minimum atomic E-state index is -2.56. The molecule has 3 aliphatic heterocycles. The summed E-state index contributed by atoms with van der Waals surface area (Å²) in [5, 5.41) is 0.0120. The molecule has 0 radical (unpaired) electrons. The van der Waals surface area contributed by atoms with E-state index >= 15 is 0 Å². The average Bonchev–Trinajstić information content (AvgIpc) is 3.42. The third kappa shape index (κ3) is 3.84. The lowest BCUT2D eigenvalue weighted by Crippen LogP contribution is -2.57. The van der Waals surface area contributed by atoms with Crippen LogP contribution in [0, 0.1) is 17.8 Å². The van der Waals surface area contributed by atoms with Gasteiger partial charge in [0.1, 0.15) is 11.2 Å². The highest BCUT2D eigenvalue weighted by molar-refractivity contribution is 6.79. The fourth-order valence-corrected chi connectivity index (χ4v) is 16.0. The van der Waals surface area contributed by atoms with Gasteiger partial charge in [0.25, 0.3) is 0 Å². The number of rotatable bonds is 3. The molecule has 0 N–H and O–H groups in total. The molecular formula is C40H46O2Si. The van der Waals surface area contributed by atoms with Crippen LogP contribution in [0.1, 0.15) is 82.4 Å². The molecule has 2 fully saturated rings. The third-order valence-electron chi connectivity index (χ3n) is 11.3. The summed E-state index contributed by atoms with van der Waals surface area (Å²) >= 11 is 0. The van der Waals surface area contributed by atoms with E-state index in [-0.39, 0.29) is 33.9 Å². The summed E-state index contributed by atoms with van der Waals surface area (Å²) in [6.07, 6.45) is -0.0233. The zero-order chi connectivity index (χ0) is 30.3. The molecular weight excluding hydrogens is 541 g/mol. The summed E-state index contributed by atoms with van der Waals surface area (Å²) in [5.74, 6) is 0.679. The number of hydrogen-bond donors (Lipinski definition) is 0. The summed E-state index contributed by atoms with van der Waals surface area (Å²) in [5.41, 5.74) is 5.34. The summed E-state index contributed by atoms with van der Waals surface area (Å²) in [7, 11) is -2.56. The van der Waals surface area contributed by atoms with Crippen molar-refractivity contribution in [3.63, 3.8) is 0 Å². The van der Waals surface area contributed by atoms with Crippen LogP contribution >= 0.6 is 0 Å². The number of hydrogen-bond acceptors (Lipinski definition) is 2. The molecule has 3 heterocycles. The van der Waals surface area contributed by atoms with Gasteiger partial charge in [-0.2, -0.15) is 0 Å². The quantitative estimate of drug-likeness (QED) is 0.222. The molecule has 222 valence electrons. The monoisotopic (exact) mass is 586 g/mol. The molecule has 6 atom stereocenters. The Morgan fingerprint density at radius 3 is 1.56 bits per heavy atom. The Bertz CT molecular complexity index is 1590. The Balaban J connectivity index is 1.60. The highest BCUT2D eigenvalue weighted by Crippen LogP contribution is 2.75. The van der Waals surface area contributed by atoms with Crippen LogP contribution in [0.3, 0.4) is 0 Å². The Kier molecular flexibility index (Phi) is 6.53. The molecule has 2 bridgehead atoms. The van der Waals surface area contributed by atoms with E-state index in [1.807, 2.05) is 0 Å². The molecule has 0 aliphatic carbocycles. The lowest BCUT2D eigenvalue weighted by molar-refractivity contribution is -0.0685. The second-order valence-electron chi connectivity index (χ2n) is 15.3. The molecule has 0 spiro atoms. The van der Waals surface area contributed by atoms with E-state index in [4.69, 9.17) is 9.16 Å². The summed E-state index contributed by atoms with van der Waals surface area (Å²) in [6.45, 7) is 17.1. The number of benzene rings is 4. The maximum atomic E-state index is 7.93. The lowest BCUT2D eigenvalue weighted by Gasteiger charge is -2.53. The van der Waals surface area contributed by atoms with Gasteiger partial charge >= 0.3 is 0 Å². The Hall–Kier alpha value is -2.98. The third-order valence-corrected chi connectivity index (χ3v) is 17.8. The fraction of sp³-hybridized carbons (Fsp3) is 0.400. The summed E-state index contributed by atoms with van der Waals surface area (Å²) in [6, 6.07) is 43.4. The van der Waals surface area contributed by atoms with Crippen molar-refractivity contribution in [1.29, 1.82) is 0 Å². The van der Waals surface area contributed by atoms with Gasteiger partial charge in [-0.25, -0.2) is 0 Å². The van der Waals surface area contributed by atoms with Crippen molar-refractivity contribution in [2.45, 2.75) is 81.9 Å². The van der Waals surface area contributed by atoms with Crippen molar-refractivity contribution in [3.8, 4) is 0 Å². The number of fused-ring (bicyclic) bond motifs is 8. The van der Waals surface area contributed by atoms with Crippen LogP contribution in [0.5, 0.6) is 0 Å². The first-order valence-electron chi connectivity index (χ1n) is 16.1. The van der Waals surface area contributed by atoms with E-state index in [2.05, 4.69) is 164 Å². The van der Waals surface area contributed by atoms with Crippen LogP contribution < -0.4 is 0 Å². The zero-order valence-electron chi connectivity index (χ0n) is 26.8. The van der Waals surface area contributed by atoms with Crippen LogP contribution in [0.25, 0.3) is 0 Å². The Morgan fingerprint density at radius 2 is 1.05 bits per heavy atom. The highest BCUT2D eigenvalue weighted by atomic mass is 28.4. The zero-order valence-corrected chi connectivity index (χ0v) is 27.8. The second kappa shape index (κ2) is 9.76. The Labute approximate surface area is 259 Å². The first-order valence-corrected chi connectivity index (χ1v) is 18.2. The van der Waals surface area contributed by atoms with Gasteiger partial charge in [0.2, 0.25) is 8.32 Å². The highest BCUT2D eigenvalue weighted by Gasteiger charge is 2.75. The minimum absolute atomic E-state index is 0.00598. The molecule has 2 saturated heterocycles. The normalized spacial score (nSPS) is 31.2. The van der Waals surface area contributed by atoms with E-state index in [0.717, 1.165) is 6.04 Å². The van der Waals surface area contributed by atoms with Gasteiger partial charge in [-0.3, -0.25) is 0 Å². The molecule has 2 unspecified atom stereocenters. The van der Waals surface area contributed by atoms with Crippen LogP contribution in [-0.4, -0.2) is 8.32 Å². The van der Waals surface area contributed by atoms with Crippen LogP contribution in [-0.2, 0) is 20.4 Å².